The largest absolute Gasteiger partial charge is 0.481 e. The highest BCUT2D eigenvalue weighted by Gasteiger charge is 2.33. The van der Waals surface area contributed by atoms with Crippen LogP contribution in [0.25, 0.3) is 0 Å². The number of carboxylic acid groups (broad SMARTS) is 1. The average Bonchev–Trinajstić information content (AvgIpc) is 3.14. The highest BCUT2D eigenvalue weighted by molar-refractivity contribution is 7.12. The van der Waals surface area contributed by atoms with Crippen LogP contribution < -0.4 is 10.6 Å². The zero-order valence-corrected chi connectivity index (χ0v) is 14.1. The molecule has 6 nitrogen and oxygen atoms in total. The Morgan fingerprint density at radius 3 is 2.57 bits per heavy atom. The molecular weight excluding hydrogens is 316 g/mol. The van der Waals surface area contributed by atoms with Crippen molar-refractivity contribution >= 4 is 29.1 Å². The standard InChI is InChI=1S/C16H22N2O4S/c1-9(2)13(18-14(19)12-4-3-7-23-12)15(20)17-11-6-5-10(8-11)16(21)22/h3-4,7,9-11,13H,5-6,8H2,1-2H3,(H,17,20)(H,18,19)(H,21,22)/t10-,11+,13?/m0/s1. The third-order valence-electron chi connectivity index (χ3n) is 4.11. The van der Waals surface area contributed by atoms with Gasteiger partial charge in [0.05, 0.1) is 10.8 Å². The van der Waals surface area contributed by atoms with Crippen LogP contribution in [-0.4, -0.2) is 35.0 Å². The Morgan fingerprint density at radius 1 is 1.30 bits per heavy atom. The fraction of sp³-hybridized carbons (Fsp3) is 0.562. The molecule has 0 spiro atoms. The summed E-state index contributed by atoms with van der Waals surface area (Å²) in [6.07, 6.45) is 1.69. The smallest absolute Gasteiger partial charge is 0.306 e. The van der Waals surface area contributed by atoms with Crippen LogP contribution in [0.3, 0.4) is 0 Å². The van der Waals surface area contributed by atoms with Crippen molar-refractivity contribution in [2.45, 2.75) is 45.2 Å². The van der Waals surface area contributed by atoms with Crippen molar-refractivity contribution in [2.24, 2.45) is 11.8 Å². The zero-order chi connectivity index (χ0) is 17.0. The van der Waals surface area contributed by atoms with Crippen molar-refractivity contribution < 1.29 is 19.5 Å². The number of amides is 2. The quantitative estimate of drug-likeness (QED) is 0.738. The van der Waals surface area contributed by atoms with Crippen LogP contribution in [0.2, 0.25) is 0 Å². The van der Waals surface area contributed by atoms with Crippen molar-refractivity contribution in [3.8, 4) is 0 Å². The molecule has 23 heavy (non-hydrogen) atoms. The van der Waals surface area contributed by atoms with Gasteiger partial charge in [0.15, 0.2) is 0 Å². The summed E-state index contributed by atoms with van der Waals surface area (Å²) in [6, 6.07) is 2.73. The van der Waals surface area contributed by atoms with Crippen LogP contribution in [0.5, 0.6) is 0 Å². The summed E-state index contributed by atoms with van der Waals surface area (Å²) in [7, 11) is 0. The topological polar surface area (TPSA) is 95.5 Å². The minimum absolute atomic E-state index is 0.0596. The van der Waals surface area contributed by atoms with Gasteiger partial charge in [-0.25, -0.2) is 0 Å². The van der Waals surface area contributed by atoms with Gasteiger partial charge in [0, 0.05) is 6.04 Å². The zero-order valence-electron chi connectivity index (χ0n) is 13.2. The molecule has 0 aliphatic heterocycles. The number of hydrogen-bond acceptors (Lipinski definition) is 4. The number of carbonyl (C=O) groups is 3. The van der Waals surface area contributed by atoms with Gasteiger partial charge in [0.2, 0.25) is 5.91 Å². The molecule has 1 aliphatic rings. The fourth-order valence-electron chi connectivity index (χ4n) is 2.78. The lowest BCUT2D eigenvalue weighted by Gasteiger charge is -2.23. The number of carbonyl (C=O) groups excluding carboxylic acids is 2. The molecule has 1 unspecified atom stereocenters. The minimum atomic E-state index is -0.812. The second kappa shape index (κ2) is 7.59. The second-order valence-electron chi connectivity index (χ2n) is 6.23. The first-order chi connectivity index (χ1) is 10.9. The van der Waals surface area contributed by atoms with E-state index in [-0.39, 0.29) is 23.8 Å². The molecule has 2 rings (SSSR count). The van der Waals surface area contributed by atoms with Gasteiger partial charge in [0.25, 0.3) is 5.91 Å². The van der Waals surface area contributed by atoms with Gasteiger partial charge in [-0.1, -0.05) is 19.9 Å². The maximum absolute atomic E-state index is 12.5. The van der Waals surface area contributed by atoms with Crippen molar-refractivity contribution in [3.05, 3.63) is 22.4 Å². The summed E-state index contributed by atoms with van der Waals surface area (Å²) in [5.41, 5.74) is 0. The van der Waals surface area contributed by atoms with Crippen LogP contribution >= 0.6 is 11.3 Å². The Hall–Kier alpha value is -1.89. The van der Waals surface area contributed by atoms with Gasteiger partial charge in [-0.15, -0.1) is 11.3 Å². The Kier molecular flexibility index (Phi) is 5.76. The number of rotatable bonds is 6. The van der Waals surface area contributed by atoms with E-state index in [0.29, 0.717) is 24.1 Å². The molecule has 126 valence electrons. The summed E-state index contributed by atoms with van der Waals surface area (Å²) in [5.74, 6) is -1.77. The molecule has 0 aromatic carbocycles. The summed E-state index contributed by atoms with van der Waals surface area (Å²) >= 11 is 1.32. The predicted octanol–water partition coefficient (Wildman–Crippen LogP) is 1.87. The third-order valence-corrected chi connectivity index (χ3v) is 4.98. The van der Waals surface area contributed by atoms with Crippen LogP contribution in [0.1, 0.15) is 42.8 Å². The highest BCUT2D eigenvalue weighted by Crippen LogP contribution is 2.25. The fourth-order valence-corrected chi connectivity index (χ4v) is 3.41. The van der Waals surface area contributed by atoms with Gasteiger partial charge in [-0.3, -0.25) is 14.4 Å². The number of hydrogen-bond donors (Lipinski definition) is 3. The Labute approximate surface area is 139 Å². The summed E-state index contributed by atoms with van der Waals surface area (Å²) in [5, 5.41) is 16.5. The van der Waals surface area contributed by atoms with Crippen LogP contribution in [0, 0.1) is 11.8 Å². The van der Waals surface area contributed by atoms with Crippen LogP contribution in [0.4, 0.5) is 0 Å². The maximum atomic E-state index is 12.5. The summed E-state index contributed by atoms with van der Waals surface area (Å²) in [6.45, 7) is 3.74. The van der Waals surface area contributed by atoms with Crippen molar-refractivity contribution in [2.75, 3.05) is 0 Å². The molecule has 2 amide bonds. The third kappa shape index (κ3) is 4.54. The molecule has 7 heteroatoms. The normalized spacial score (nSPS) is 21.9. The Bertz CT molecular complexity index is 571. The molecular formula is C16H22N2O4S. The summed E-state index contributed by atoms with van der Waals surface area (Å²) in [4.78, 5) is 36.1. The average molecular weight is 338 g/mol. The molecule has 0 radical (unpaired) electrons. The first-order valence-corrected chi connectivity index (χ1v) is 8.64. The van der Waals surface area contributed by atoms with Crippen molar-refractivity contribution in [1.82, 2.24) is 10.6 Å². The summed E-state index contributed by atoms with van der Waals surface area (Å²) < 4.78 is 0. The predicted molar refractivity (Wildman–Crippen MR) is 87.3 cm³/mol. The second-order valence-corrected chi connectivity index (χ2v) is 7.17. The van der Waals surface area contributed by atoms with Gasteiger partial charge >= 0.3 is 5.97 Å². The molecule has 0 bridgehead atoms. The number of nitrogens with one attached hydrogen (secondary N) is 2. The lowest BCUT2D eigenvalue weighted by molar-refractivity contribution is -0.141. The van der Waals surface area contributed by atoms with Crippen molar-refractivity contribution in [1.29, 1.82) is 0 Å². The van der Waals surface area contributed by atoms with Gasteiger partial charge in [-0.2, -0.15) is 0 Å². The number of thiophene rings is 1. The number of aliphatic carboxylic acids is 1. The first kappa shape index (κ1) is 17.5. The Balaban J connectivity index is 1.94. The van der Waals surface area contributed by atoms with E-state index in [4.69, 9.17) is 5.11 Å². The molecule has 1 fully saturated rings. The van der Waals surface area contributed by atoms with E-state index in [1.807, 2.05) is 19.2 Å². The first-order valence-electron chi connectivity index (χ1n) is 7.76. The number of carboxylic acids is 1. The van der Waals surface area contributed by atoms with Crippen molar-refractivity contribution in [3.63, 3.8) is 0 Å². The lowest BCUT2D eigenvalue weighted by Crippen LogP contribution is -2.51. The minimum Gasteiger partial charge on any atom is -0.481 e. The maximum Gasteiger partial charge on any atom is 0.306 e. The molecule has 1 aromatic rings. The van der Waals surface area contributed by atoms with Crippen LogP contribution in [0.15, 0.2) is 17.5 Å². The molecule has 3 atom stereocenters. The monoisotopic (exact) mass is 338 g/mol. The Morgan fingerprint density at radius 2 is 2.04 bits per heavy atom. The molecule has 1 heterocycles. The SMILES string of the molecule is CC(C)C(NC(=O)c1cccs1)C(=O)N[C@@H]1CC[C@H](C(=O)O)C1. The van der Waals surface area contributed by atoms with Gasteiger partial charge in [0.1, 0.15) is 6.04 Å². The molecule has 1 aliphatic carbocycles. The molecule has 1 aromatic heterocycles. The van der Waals surface area contributed by atoms with Gasteiger partial charge in [-0.05, 0) is 36.6 Å². The lowest BCUT2D eigenvalue weighted by atomic mass is 10.0. The van der Waals surface area contributed by atoms with E-state index in [9.17, 15) is 14.4 Å². The van der Waals surface area contributed by atoms with E-state index in [2.05, 4.69) is 10.6 Å². The van der Waals surface area contributed by atoms with E-state index in [0.717, 1.165) is 0 Å². The molecule has 3 N–H and O–H groups in total. The van der Waals surface area contributed by atoms with Crippen LogP contribution in [-0.2, 0) is 9.59 Å². The van der Waals surface area contributed by atoms with E-state index in [1.165, 1.54) is 11.3 Å². The van der Waals surface area contributed by atoms with E-state index in [1.54, 1.807) is 12.1 Å². The van der Waals surface area contributed by atoms with Gasteiger partial charge < -0.3 is 15.7 Å². The van der Waals surface area contributed by atoms with E-state index < -0.39 is 17.9 Å². The van der Waals surface area contributed by atoms with E-state index >= 15 is 0 Å². The highest BCUT2D eigenvalue weighted by atomic mass is 32.1. The molecule has 1 saturated carbocycles. The molecule has 0 saturated heterocycles.